The first-order chi connectivity index (χ1) is 9.89. The van der Waals surface area contributed by atoms with Crippen molar-refractivity contribution < 1.29 is 21.9 Å². The van der Waals surface area contributed by atoms with E-state index in [4.69, 9.17) is 4.18 Å². The molecule has 2 atom stereocenters. The van der Waals surface area contributed by atoms with E-state index in [9.17, 15) is 17.7 Å². The molecular formula is C14H23NO5S2. The summed E-state index contributed by atoms with van der Waals surface area (Å²) in [4.78, 5) is 0.246. The van der Waals surface area contributed by atoms with Crippen LogP contribution in [0.5, 0.6) is 5.75 Å². The van der Waals surface area contributed by atoms with E-state index in [1.165, 1.54) is 18.4 Å². The molecule has 0 saturated heterocycles. The summed E-state index contributed by atoms with van der Waals surface area (Å²) in [6.07, 6.45) is 1.66. The summed E-state index contributed by atoms with van der Waals surface area (Å²) >= 11 is 0. The molecule has 0 aliphatic carbocycles. The minimum absolute atomic E-state index is 0.0912. The van der Waals surface area contributed by atoms with Crippen molar-refractivity contribution in [2.24, 2.45) is 0 Å². The normalized spacial score (nSPS) is 15.5. The van der Waals surface area contributed by atoms with E-state index in [1.807, 2.05) is 20.8 Å². The van der Waals surface area contributed by atoms with Crippen LogP contribution in [0.2, 0.25) is 0 Å². The molecule has 0 aliphatic heterocycles. The fourth-order valence-corrected chi connectivity index (χ4v) is 3.04. The Morgan fingerprint density at radius 1 is 1.36 bits per heavy atom. The highest BCUT2D eigenvalue weighted by Gasteiger charge is 2.22. The Labute approximate surface area is 134 Å². The lowest BCUT2D eigenvalue weighted by atomic mass is 10.1. The second-order valence-corrected chi connectivity index (χ2v) is 9.05. The maximum atomic E-state index is 11.6. The predicted octanol–water partition coefficient (Wildman–Crippen LogP) is 1.53. The van der Waals surface area contributed by atoms with Gasteiger partial charge >= 0.3 is 0 Å². The van der Waals surface area contributed by atoms with Crippen LogP contribution in [-0.2, 0) is 25.1 Å². The zero-order valence-corrected chi connectivity index (χ0v) is 15.0. The summed E-state index contributed by atoms with van der Waals surface area (Å²) < 4.78 is 39.7. The highest BCUT2D eigenvalue weighted by Crippen LogP contribution is 2.27. The van der Waals surface area contributed by atoms with E-state index in [1.54, 1.807) is 6.07 Å². The fourth-order valence-electron chi connectivity index (χ4n) is 1.78. The average molecular weight is 349 g/mol. The molecule has 0 amide bonds. The minimum atomic E-state index is -3.66. The molecule has 0 heterocycles. The van der Waals surface area contributed by atoms with Crippen molar-refractivity contribution in [1.82, 2.24) is 5.32 Å². The first kappa shape index (κ1) is 19.1. The molecule has 1 aromatic carbocycles. The number of benzene rings is 1. The van der Waals surface area contributed by atoms with Gasteiger partial charge in [0.2, 0.25) is 0 Å². The van der Waals surface area contributed by atoms with E-state index in [0.717, 1.165) is 6.26 Å². The van der Waals surface area contributed by atoms with E-state index in [0.29, 0.717) is 5.56 Å². The van der Waals surface area contributed by atoms with Gasteiger partial charge in [-0.2, -0.15) is 8.42 Å². The molecule has 126 valence electrons. The summed E-state index contributed by atoms with van der Waals surface area (Å²) in [6, 6.07) is 4.46. The summed E-state index contributed by atoms with van der Waals surface area (Å²) in [7, 11) is -5.05. The molecule has 22 heavy (non-hydrogen) atoms. The van der Waals surface area contributed by atoms with E-state index < -0.39 is 27.0 Å². The van der Waals surface area contributed by atoms with Crippen LogP contribution in [0.4, 0.5) is 0 Å². The van der Waals surface area contributed by atoms with Gasteiger partial charge in [0.25, 0.3) is 10.1 Å². The van der Waals surface area contributed by atoms with Crippen molar-refractivity contribution >= 4 is 20.9 Å². The van der Waals surface area contributed by atoms with Gasteiger partial charge in [-0.3, -0.25) is 8.39 Å². The van der Waals surface area contributed by atoms with Crippen LogP contribution in [0.3, 0.4) is 0 Å². The van der Waals surface area contributed by atoms with Crippen molar-refractivity contribution in [3.8, 4) is 5.75 Å². The highest BCUT2D eigenvalue weighted by atomic mass is 32.2. The zero-order chi connectivity index (χ0) is 17.1. The standard InChI is InChI=1S/C14H23NO5S2/c1-14(2,3)15-9-12(20-22(5,18)19)10-6-7-11(16)13(8-10)21(4)17/h6-8,12,15-16H,9H2,1-5H3. The molecule has 0 spiro atoms. The van der Waals surface area contributed by atoms with Crippen molar-refractivity contribution in [2.45, 2.75) is 37.3 Å². The molecule has 0 aliphatic rings. The molecule has 1 aromatic rings. The molecule has 0 saturated carbocycles. The Hall–Kier alpha value is -0.960. The van der Waals surface area contributed by atoms with Crippen LogP contribution in [0.1, 0.15) is 32.4 Å². The molecular weight excluding hydrogens is 326 g/mol. The third kappa shape index (κ3) is 6.43. The molecule has 0 radical (unpaired) electrons. The Balaban J connectivity index is 3.15. The average Bonchev–Trinajstić information content (AvgIpc) is 2.32. The Kier molecular flexibility index (Phi) is 6.14. The summed E-state index contributed by atoms with van der Waals surface area (Å²) in [6.45, 7) is 6.12. The van der Waals surface area contributed by atoms with Crippen LogP contribution in [-0.4, -0.2) is 42.3 Å². The van der Waals surface area contributed by atoms with Gasteiger partial charge in [-0.15, -0.1) is 0 Å². The largest absolute Gasteiger partial charge is 0.507 e. The first-order valence-electron chi connectivity index (χ1n) is 6.69. The van der Waals surface area contributed by atoms with Crippen molar-refractivity contribution in [1.29, 1.82) is 0 Å². The van der Waals surface area contributed by atoms with Gasteiger partial charge in [0, 0.05) is 18.3 Å². The van der Waals surface area contributed by atoms with Gasteiger partial charge in [0.15, 0.2) is 0 Å². The van der Waals surface area contributed by atoms with Crippen molar-refractivity contribution in [3.05, 3.63) is 23.8 Å². The predicted molar refractivity (Wildman–Crippen MR) is 86.9 cm³/mol. The third-order valence-electron chi connectivity index (χ3n) is 2.77. The number of hydrogen-bond donors (Lipinski definition) is 2. The minimum Gasteiger partial charge on any atom is -0.507 e. The SMILES string of the molecule is CS(=O)c1cc(C(CNC(C)(C)C)OS(C)(=O)=O)ccc1O. The smallest absolute Gasteiger partial charge is 0.265 e. The maximum Gasteiger partial charge on any atom is 0.265 e. The number of hydrogen-bond acceptors (Lipinski definition) is 6. The van der Waals surface area contributed by atoms with Gasteiger partial charge in [0.1, 0.15) is 11.9 Å². The van der Waals surface area contributed by atoms with E-state index in [-0.39, 0.29) is 22.7 Å². The second kappa shape index (κ2) is 7.08. The Morgan fingerprint density at radius 2 is 1.95 bits per heavy atom. The van der Waals surface area contributed by atoms with Gasteiger partial charge in [-0.25, -0.2) is 0 Å². The molecule has 8 heteroatoms. The zero-order valence-electron chi connectivity index (χ0n) is 13.4. The lowest BCUT2D eigenvalue weighted by Gasteiger charge is -2.25. The molecule has 0 fully saturated rings. The Morgan fingerprint density at radius 3 is 2.41 bits per heavy atom. The summed E-state index contributed by atoms with van der Waals surface area (Å²) in [5, 5.41) is 12.9. The molecule has 1 rings (SSSR count). The van der Waals surface area contributed by atoms with Gasteiger partial charge in [-0.05, 0) is 38.5 Å². The Bertz CT molecular complexity index is 650. The van der Waals surface area contributed by atoms with Crippen LogP contribution in [0.15, 0.2) is 23.1 Å². The quantitative estimate of drug-likeness (QED) is 0.757. The summed E-state index contributed by atoms with van der Waals surface area (Å²) in [5.41, 5.74) is 0.317. The maximum absolute atomic E-state index is 11.6. The number of nitrogens with one attached hydrogen (secondary N) is 1. The molecule has 0 bridgehead atoms. The van der Waals surface area contributed by atoms with Crippen LogP contribution in [0.25, 0.3) is 0 Å². The van der Waals surface area contributed by atoms with Crippen molar-refractivity contribution in [3.63, 3.8) is 0 Å². The van der Waals surface area contributed by atoms with E-state index >= 15 is 0 Å². The lowest BCUT2D eigenvalue weighted by Crippen LogP contribution is -2.39. The number of rotatable bonds is 6. The first-order valence-corrected chi connectivity index (χ1v) is 10.1. The molecule has 6 nitrogen and oxygen atoms in total. The lowest BCUT2D eigenvalue weighted by molar-refractivity contribution is 0.197. The number of phenolic OH excluding ortho intramolecular Hbond substituents is 1. The fraction of sp³-hybridized carbons (Fsp3) is 0.571. The molecule has 0 aromatic heterocycles. The van der Waals surface area contributed by atoms with Gasteiger partial charge < -0.3 is 10.4 Å². The summed E-state index contributed by atoms with van der Waals surface area (Å²) in [5.74, 6) is -0.0912. The molecule has 2 N–H and O–H groups in total. The topological polar surface area (TPSA) is 92.7 Å². The van der Waals surface area contributed by atoms with Gasteiger partial charge in [-0.1, -0.05) is 6.07 Å². The monoisotopic (exact) mass is 349 g/mol. The van der Waals surface area contributed by atoms with Crippen LogP contribution >= 0.6 is 0 Å². The second-order valence-electron chi connectivity index (χ2n) is 6.10. The third-order valence-corrected chi connectivity index (χ3v) is 4.30. The van der Waals surface area contributed by atoms with Crippen molar-refractivity contribution in [2.75, 3.05) is 19.1 Å². The van der Waals surface area contributed by atoms with E-state index in [2.05, 4.69) is 5.32 Å². The number of phenols is 1. The highest BCUT2D eigenvalue weighted by molar-refractivity contribution is 7.86. The molecule has 2 unspecified atom stereocenters. The number of aromatic hydroxyl groups is 1. The van der Waals surface area contributed by atoms with Crippen LogP contribution < -0.4 is 5.32 Å². The van der Waals surface area contributed by atoms with Crippen LogP contribution in [0, 0.1) is 0 Å². The van der Waals surface area contributed by atoms with Gasteiger partial charge in [0.05, 0.1) is 22.0 Å².